The van der Waals surface area contributed by atoms with Crippen molar-refractivity contribution in [3.05, 3.63) is 29.3 Å². The molecule has 4 heteroatoms. The molecule has 0 spiro atoms. The zero-order chi connectivity index (χ0) is 9.10. The van der Waals surface area contributed by atoms with E-state index in [1.165, 1.54) is 5.69 Å². The van der Waals surface area contributed by atoms with Gasteiger partial charge in [-0.3, -0.25) is 0 Å². The SMILES string of the molecule is Clc1cccc(N2CCOCC2)c1.[K]. The maximum Gasteiger partial charge on any atom is 0.0642 e. The number of hydrogen-bond donors (Lipinski definition) is 0. The molecule has 1 aromatic rings. The van der Waals surface area contributed by atoms with Gasteiger partial charge in [0, 0.05) is 75.2 Å². The van der Waals surface area contributed by atoms with Gasteiger partial charge in [0.2, 0.25) is 0 Å². The first kappa shape index (κ1) is 13.0. The number of rotatable bonds is 1. The normalized spacial score (nSPS) is 16.2. The Balaban J connectivity index is 0.000000980. The molecule has 1 aliphatic rings. The van der Waals surface area contributed by atoms with Gasteiger partial charge < -0.3 is 9.64 Å². The molecule has 71 valence electrons. The smallest absolute Gasteiger partial charge is 0.0642 e. The Hall–Kier alpha value is 0.906. The molecular weight excluding hydrogens is 225 g/mol. The Kier molecular flexibility index (Phi) is 6.01. The fourth-order valence-electron chi connectivity index (χ4n) is 1.49. The quantitative estimate of drug-likeness (QED) is 0.690. The Labute approximate surface area is 132 Å². The maximum absolute atomic E-state index is 5.91. The average molecular weight is 237 g/mol. The largest absolute Gasteiger partial charge is 0.378 e. The fourth-order valence-corrected chi connectivity index (χ4v) is 1.68. The zero-order valence-electron chi connectivity index (χ0n) is 8.37. The Morgan fingerprint density at radius 3 is 2.57 bits per heavy atom. The van der Waals surface area contributed by atoms with Crippen LogP contribution in [0, 0.1) is 0 Å². The standard InChI is InChI=1S/C10H12ClNO.K/c11-9-2-1-3-10(8-9)12-4-6-13-7-5-12;/h1-3,8H,4-7H2;. The summed E-state index contributed by atoms with van der Waals surface area (Å²) in [5.74, 6) is 0. The summed E-state index contributed by atoms with van der Waals surface area (Å²) in [5, 5.41) is 0.795. The third kappa shape index (κ3) is 3.49. The van der Waals surface area contributed by atoms with Crippen LogP contribution in [0.25, 0.3) is 0 Å². The van der Waals surface area contributed by atoms with Crippen LogP contribution in [0.1, 0.15) is 0 Å². The Bertz CT molecular complexity index is 289. The zero-order valence-corrected chi connectivity index (χ0v) is 12.3. The van der Waals surface area contributed by atoms with Crippen molar-refractivity contribution in [2.24, 2.45) is 0 Å². The van der Waals surface area contributed by atoms with Gasteiger partial charge >= 0.3 is 0 Å². The van der Waals surface area contributed by atoms with Crippen molar-refractivity contribution in [2.45, 2.75) is 0 Å². The molecule has 2 rings (SSSR count). The molecule has 1 heterocycles. The summed E-state index contributed by atoms with van der Waals surface area (Å²) < 4.78 is 5.28. The van der Waals surface area contributed by atoms with Crippen LogP contribution >= 0.6 is 11.6 Å². The van der Waals surface area contributed by atoms with Crippen LogP contribution in [0.2, 0.25) is 5.02 Å². The van der Waals surface area contributed by atoms with E-state index in [1.807, 2.05) is 18.2 Å². The van der Waals surface area contributed by atoms with Gasteiger partial charge in [-0.25, -0.2) is 0 Å². The van der Waals surface area contributed by atoms with Gasteiger partial charge in [-0.05, 0) is 18.2 Å². The molecule has 2 nitrogen and oxygen atoms in total. The minimum atomic E-state index is 0. The second kappa shape index (κ2) is 6.48. The predicted molar refractivity (Wildman–Crippen MR) is 60.2 cm³/mol. The van der Waals surface area contributed by atoms with Crippen molar-refractivity contribution in [1.82, 2.24) is 0 Å². The number of anilines is 1. The van der Waals surface area contributed by atoms with Crippen molar-refractivity contribution < 1.29 is 4.74 Å². The number of hydrogen-bond acceptors (Lipinski definition) is 2. The van der Waals surface area contributed by atoms with Crippen LogP contribution in [-0.2, 0) is 4.74 Å². The van der Waals surface area contributed by atoms with Gasteiger partial charge in [0.05, 0.1) is 13.2 Å². The van der Waals surface area contributed by atoms with Gasteiger partial charge in [-0.2, -0.15) is 0 Å². The van der Waals surface area contributed by atoms with E-state index < -0.39 is 0 Å². The molecule has 1 aromatic carbocycles. The molecule has 14 heavy (non-hydrogen) atoms. The molecule has 0 saturated carbocycles. The molecule has 0 atom stereocenters. The van der Waals surface area contributed by atoms with E-state index in [4.69, 9.17) is 16.3 Å². The van der Waals surface area contributed by atoms with Crippen molar-refractivity contribution in [2.75, 3.05) is 31.2 Å². The molecular formula is C10H12ClKNO. The van der Waals surface area contributed by atoms with E-state index >= 15 is 0 Å². The average Bonchev–Trinajstić information content (AvgIpc) is 2.19. The molecule has 0 unspecified atom stereocenters. The predicted octanol–water partition coefficient (Wildman–Crippen LogP) is 1.80. The second-order valence-electron chi connectivity index (χ2n) is 3.08. The van der Waals surface area contributed by atoms with Gasteiger partial charge in [0.15, 0.2) is 0 Å². The monoisotopic (exact) mass is 236 g/mol. The van der Waals surface area contributed by atoms with Crippen molar-refractivity contribution in [3.8, 4) is 0 Å². The summed E-state index contributed by atoms with van der Waals surface area (Å²) in [5.41, 5.74) is 1.19. The fraction of sp³-hybridized carbons (Fsp3) is 0.400. The van der Waals surface area contributed by atoms with Crippen LogP contribution in [0.15, 0.2) is 24.3 Å². The second-order valence-corrected chi connectivity index (χ2v) is 3.52. The Morgan fingerprint density at radius 1 is 1.21 bits per heavy atom. The summed E-state index contributed by atoms with van der Waals surface area (Å²) in [6.45, 7) is 3.54. The molecule has 0 N–H and O–H groups in total. The molecule has 1 radical (unpaired) electrons. The van der Waals surface area contributed by atoms with E-state index in [9.17, 15) is 0 Å². The number of benzene rings is 1. The van der Waals surface area contributed by atoms with E-state index in [0.29, 0.717) is 0 Å². The first-order valence-electron chi connectivity index (χ1n) is 4.44. The van der Waals surface area contributed by atoms with Crippen molar-refractivity contribution in [1.29, 1.82) is 0 Å². The molecule has 0 aromatic heterocycles. The number of ether oxygens (including phenoxy) is 1. The minimum absolute atomic E-state index is 0. The summed E-state index contributed by atoms with van der Waals surface area (Å²) in [4.78, 5) is 2.29. The summed E-state index contributed by atoms with van der Waals surface area (Å²) >= 11 is 5.91. The van der Waals surface area contributed by atoms with E-state index in [-0.39, 0.29) is 51.4 Å². The third-order valence-electron chi connectivity index (χ3n) is 2.18. The maximum atomic E-state index is 5.91. The van der Waals surface area contributed by atoms with Crippen LogP contribution in [0.5, 0.6) is 0 Å². The van der Waals surface area contributed by atoms with Crippen LogP contribution in [0.4, 0.5) is 5.69 Å². The van der Waals surface area contributed by atoms with Crippen LogP contribution in [0.3, 0.4) is 0 Å². The molecule has 1 aliphatic heterocycles. The van der Waals surface area contributed by atoms with E-state index in [0.717, 1.165) is 31.3 Å². The summed E-state index contributed by atoms with van der Waals surface area (Å²) in [6.07, 6.45) is 0. The number of nitrogens with zero attached hydrogens (tertiary/aromatic N) is 1. The van der Waals surface area contributed by atoms with Gasteiger partial charge in [-0.15, -0.1) is 0 Å². The van der Waals surface area contributed by atoms with Crippen molar-refractivity contribution in [3.63, 3.8) is 0 Å². The minimum Gasteiger partial charge on any atom is -0.378 e. The topological polar surface area (TPSA) is 12.5 Å². The van der Waals surface area contributed by atoms with Crippen LogP contribution < -0.4 is 4.90 Å². The molecule has 0 bridgehead atoms. The third-order valence-corrected chi connectivity index (χ3v) is 2.42. The molecule has 1 saturated heterocycles. The molecule has 0 amide bonds. The number of halogens is 1. The summed E-state index contributed by atoms with van der Waals surface area (Å²) in [7, 11) is 0. The van der Waals surface area contributed by atoms with Crippen LogP contribution in [-0.4, -0.2) is 77.7 Å². The van der Waals surface area contributed by atoms with Crippen molar-refractivity contribution >= 4 is 68.7 Å². The Morgan fingerprint density at radius 2 is 1.93 bits per heavy atom. The first-order chi connectivity index (χ1) is 6.36. The van der Waals surface area contributed by atoms with E-state index in [2.05, 4.69) is 11.0 Å². The summed E-state index contributed by atoms with van der Waals surface area (Å²) in [6, 6.07) is 7.95. The number of morpholine rings is 1. The molecule has 1 fully saturated rings. The van der Waals surface area contributed by atoms with Gasteiger partial charge in [-0.1, -0.05) is 17.7 Å². The molecule has 0 aliphatic carbocycles. The van der Waals surface area contributed by atoms with E-state index in [1.54, 1.807) is 0 Å². The van der Waals surface area contributed by atoms with Gasteiger partial charge in [0.25, 0.3) is 0 Å². The van der Waals surface area contributed by atoms with Gasteiger partial charge in [0.1, 0.15) is 0 Å². The first-order valence-corrected chi connectivity index (χ1v) is 4.82.